The molecule has 6 nitrogen and oxygen atoms in total. The van der Waals surface area contributed by atoms with Crippen molar-refractivity contribution in [3.05, 3.63) is 35.9 Å². The van der Waals surface area contributed by atoms with Gasteiger partial charge in [0.2, 0.25) is 5.95 Å². The van der Waals surface area contributed by atoms with Gasteiger partial charge in [-0.3, -0.25) is 0 Å². The summed E-state index contributed by atoms with van der Waals surface area (Å²) in [5.41, 5.74) is 5.35. The standard InChI is InChI=1S/C10H11FN4O2S/c1-6-4-7(5-8(12)9(6)11)18(16,17)15-10-13-2-3-14-10/h2-5H,12H2,1H3,(H2,13,14,15). The maximum atomic E-state index is 13.3. The average Bonchev–Trinajstić information content (AvgIpc) is 2.77. The van der Waals surface area contributed by atoms with Crippen LogP contribution in [0.3, 0.4) is 0 Å². The van der Waals surface area contributed by atoms with Gasteiger partial charge in [0.1, 0.15) is 5.82 Å². The molecule has 1 aromatic carbocycles. The number of rotatable bonds is 3. The van der Waals surface area contributed by atoms with Crippen molar-refractivity contribution in [2.45, 2.75) is 11.8 Å². The quantitative estimate of drug-likeness (QED) is 0.730. The lowest BCUT2D eigenvalue weighted by Crippen LogP contribution is -2.15. The molecule has 0 saturated carbocycles. The molecule has 0 fully saturated rings. The highest BCUT2D eigenvalue weighted by Crippen LogP contribution is 2.21. The number of hydrogen-bond acceptors (Lipinski definition) is 4. The number of aromatic amines is 1. The molecule has 1 heterocycles. The molecule has 0 aliphatic heterocycles. The first-order chi connectivity index (χ1) is 8.40. The van der Waals surface area contributed by atoms with E-state index in [-0.39, 0.29) is 22.1 Å². The maximum Gasteiger partial charge on any atom is 0.264 e. The number of nitrogens with zero attached hydrogens (tertiary/aromatic N) is 1. The minimum absolute atomic E-state index is 0.0792. The SMILES string of the molecule is Cc1cc(S(=O)(=O)Nc2ncc[nH]2)cc(N)c1F. The zero-order chi connectivity index (χ0) is 13.3. The molecule has 0 spiro atoms. The highest BCUT2D eigenvalue weighted by Gasteiger charge is 2.18. The van der Waals surface area contributed by atoms with Crippen LogP contribution in [0.2, 0.25) is 0 Å². The second-order valence-corrected chi connectivity index (χ2v) is 5.37. The Balaban J connectivity index is 2.42. The minimum Gasteiger partial charge on any atom is -0.396 e. The molecule has 0 unspecified atom stereocenters. The van der Waals surface area contributed by atoms with Gasteiger partial charge in [0.15, 0.2) is 0 Å². The topological polar surface area (TPSA) is 101 Å². The molecule has 18 heavy (non-hydrogen) atoms. The van der Waals surface area contributed by atoms with Crippen molar-refractivity contribution >= 4 is 21.7 Å². The molecule has 2 rings (SSSR count). The number of nitrogens with one attached hydrogen (secondary N) is 2. The molecule has 4 N–H and O–H groups in total. The van der Waals surface area contributed by atoms with Crippen LogP contribution in [0.15, 0.2) is 29.4 Å². The van der Waals surface area contributed by atoms with Crippen LogP contribution in [-0.4, -0.2) is 18.4 Å². The van der Waals surface area contributed by atoms with Crippen LogP contribution in [0.4, 0.5) is 16.0 Å². The van der Waals surface area contributed by atoms with Crippen molar-refractivity contribution in [3.63, 3.8) is 0 Å². The number of aryl methyl sites for hydroxylation is 1. The molecule has 0 radical (unpaired) electrons. The fourth-order valence-electron chi connectivity index (χ4n) is 1.43. The third-order valence-electron chi connectivity index (χ3n) is 2.30. The highest BCUT2D eigenvalue weighted by atomic mass is 32.2. The Kier molecular flexibility index (Phi) is 2.95. The Labute approximate surface area is 103 Å². The van der Waals surface area contributed by atoms with Gasteiger partial charge in [0.05, 0.1) is 10.6 Å². The molecular weight excluding hydrogens is 259 g/mol. The second kappa shape index (κ2) is 4.30. The van der Waals surface area contributed by atoms with Crippen LogP contribution >= 0.6 is 0 Å². The van der Waals surface area contributed by atoms with Gasteiger partial charge in [-0.2, -0.15) is 0 Å². The van der Waals surface area contributed by atoms with E-state index >= 15 is 0 Å². The first-order valence-electron chi connectivity index (χ1n) is 4.98. The average molecular weight is 270 g/mol. The number of H-pyrrole nitrogens is 1. The van der Waals surface area contributed by atoms with Crippen molar-refractivity contribution in [1.82, 2.24) is 9.97 Å². The predicted octanol–water partition coefficient (Wildman–Crippen LogP) is 1.24. The fraction of sp³-hybridized carbons (Fsp3) is 0.100. The largest absolute Gasteiger partial charge is 0.396 e. The number of imidazole rings is 1. The molecule has 1 aromatic heterocycles. The number of hydrogen-bond donors (Lipinski definition) is 3. The van der Waals surface area contributed by atoms with E-state index in [4.69, 9.17) is 5.73 Å². The monoisotopic (exact) mass is 270 g/mol. The van der Waals surface area contributed by atoms with Crippen LogP contribution < -0.4 is 10.5 Å². The molecule has 2 aromatic rings. The minimum atomic E-state index is -3.84. The summed E-state index contributed by atoms with van der Waals surface area (Å²) in [7, 11) is -3.84. The lowest BCUT2D eigenvalue weighted by molar-refractivity contribution is 0.598. The third-order valence-corrected chi connectivity index (χ3v) is 3.61. The number of benzene rings is 1. The Morgan fingerprint density at radius 3 is 2.72 bits per heavy atom. The number of nitrogens with two attached hydrogens (primary N) is 1. The van der Waals surface area contributed by atoms with E-state index in [2.05, 4.69) is 14.7 Å². The van der Waals surface area contributed by atoms with Gasteiger partial charge in [0, 0.05) is 12.4 Å². The van der Waals surface area contributed by atoms with Crippen molar-refractivity contribution < 1.29 is 12.8 Å². The Morgan fingerprint density at radius 2 is 2.17 bits per heavy atom. The van der Waals surface area contributed by atoms with E-state index in [1.807, 2.05) is 0 Å². The normalized spacial score (nSPS) is 11.4. The molecule has 96 valence electrons. The lowest BCUT2D eigenvalue weighted by atomic mass is 10.2. The molecule has 0 bridgehead atoms. The van der Waals surface area contributed by atoms with E-state index in [0.717, 1.165) is 6.07 Å². The van der Waals surface area contributed by atoms with E-state index in [1.165, 1.54) is 25.4 Å². The zero-order valence-electron chi connectivity index (χ0n) is 9.44. The van der Waals surface area contributed by atoms with E-state index in [0.29, 0.717) is 0 Å². The van der Waals surface area contributed by atoms with Gasteiger partial charge in [0.25, 0.3) is 10.0 Å². The molecule has 0 aliphatic rings. The van der Waals surface area contributed by atoms with Crippen LogP contribution in [0.5, 0.6) is 0 Å². The smallest absolute Gasteiger partial charge is 0.264 e. The lowest BCUT2D eigenvalue weighted by Gasteiger charge is -2.08. The number of aromatic nitrogens is 2. The van der Waals surface area contributed by atoms with Crippen molar-refractivity contribution in [3.8, 4) is 0 Å². The summed E-state index contributed by atoms with van der Waals surface area (Å²) >= 11 is 0. The van der Waals surface area contributed by atoms with Crippen molar-refractivity contribution in [2.75, 3.05) is 10.5 Å². The van der Waals surface area contributed by atoms with Gasteiger partial charge in [-0.1, -0.05) is 0 Å². The molecule has 0 amide bonds. The number of nitrogen functional groups attached to an aromatic ring is 1. The van der Waals surface area contributed by atoms with Crippen LogP contribution in [0, 0.1) is 12.7 Å². The summed E-state index contributed by atoms with van der Waals surface area (Å²) in [5, 5.41) is 0. The first kappa shape index (κ1) is 12.4. The van der Waals surface area contributed by atoms with Gasteiger partial charge < -0.3 is 10.7 Å². The Morgan fingerprint density at radius 1 is 1.44 bits per heavy atom. The second-order valence-electron chi connectivity index (χ2n) is 3.69. The summed E-state index contributed by atoms with van der Waals surface area (Å²) in [6, 6.07) is 2.27. The number of sulfonamides is 1. The zero-order valence-corrected chi connectivity index (χ0v) is 10.3. The highest BCUT2D eigenvalue weighted by molar-refractivity contribution is 7.92. The van der Waals surface area contributed by atoms with E-state index in [9.17, 15) is 12.8 Å². The van der Waals surface area contributed by atoms with Crippen molar-refractivity contribution in [1.29, 1.82) is 0 Å². The molecule has 8 heteroatoms. The van der Waals surface area contributed by atoms with E-state index in [1.54, 1.807) is 0 Å². The van der Waals surface area contributed by atoms with Gasteiger partial charge in [-0.25, -0.2) is 22.5 Å². The van der Waals surface area contributed by atoms with Gasteiger partial charge in [-0.05, 0) is 24.6 Å². The fourth-order valence-corrected chi connectivity index (χ4v) is 2.52. The van der Waals surface area contributed by atoms with Gasteiger partial charge in [-0.15, -0.1) is 0 Å². The summed E-state index contributed by atoms with van der Waals surface area (Å²) in [4.78, 5) is 6.22. The summed E-state index contributed by atoms with van der Waals surface area (Å²) in [6.45, 7) is 1.44. The Hall–Kier alpha value is -2.09. The van der Waals surface area contributed by atoms with Crippen LogP contribution in [0.25, 0.3) is 0 Å². The number of halogens is 1. The summed E-state index contributed by atoms with van der Waals surface area (Å²) in [6.07, 6.45) is 2.88. The summed E-state index contributed by atoms with van der Waals surface area (Å²) < 4.78 is 39.5. The first-order valence-corrected chi connectivity index (χ1v) is 6.46. The van der Waals surface area contributed by atoms with Crippen LogP contribution in [-0.2, 0) is 10.0 Å². The van der Waals surface area contributed by atoms with Gasteiger partial charge >= 0.3 is 0 Å². The Bertz CT molecular complexity index is 644. The van der Waals surface area contributed by atoms with Crippen molar-refractivity contribution in [2.24, 2.45) is 0 Å². The predicted molar refractivity (Wildman–Crippen MR) is 64.9 cm³/mol. The molecule has 0 atom stereocenters. The number of anilines is 2. The molecular formula is C10H11FN4O2S. The third kappa shape index (κ3) is 2.28. The van der Waals surface area contributed by atoms with Crippen LogP contribution in [0.1, 0.15) is 5.56 Å². The van der Waals surface area contributed by atoms with E-state index < -0.39 is 15.8 Å². The maximum absolute atomic E-state index is 13.3. The molecule has 0 aliphatic carbocycles. The summed E-state index contributed by atoms with van der Waals surface area (Å²) in [5.74, 6) is -0.539. The molecule has 0 saturated heterocycles.